The molecule has 0 atom stereocenters. The number of aryl methyl sites for hydroxylation is 1. The van der Waals surface area contributed by atoms with Gasteiger partial charge < -0.3 is 4.74 Å². The third kappa shape index (κ3) is 3.65. The van der Waals surface area contributed by atoms with Crippen molar-refractivity contribution < 1.29 is 4.74 Å². The zero-order valence-electron chi connectivity index (χ0n) is 15.3. The average molecular weight is 393 g/mol. The first-order valence-electron chi connectivity index (χ1n) is 8.55. The van der Waals surface area contributed by atoms with Gasteiger partial charge in [0.05, 0.1) is 19.0 Å². The number of hydrogen-bond donors (Lipinski definition) is 1. The second-order valence-corrected chi connectivity index (χ2v) is 6.45. The van der Waals surface area contributed by atoms with E-state index in [0.29, 0.717) is 17.0 Å². The van der Waals surface area contributed by atoms with Gasteiger partial charge in [-0.05, 0) is 36.2 Å². The van der Waals surface area contributed by atoms with E-state index < -0.39 is 0 Å². The summed E-state index contributed by atoms with van der Waals surface area (Å²) in [6.07, 6.45) is 3.38. The van der Waals surface area contributed by atoms with E-state index in [1.54, 1.807) is 19.7 Å². The van der Waals surface area contributed by atoms with E-state index in [0.717, 1.165) is 22.6 Å². The van der Waals surface area contributed by atoms with Crippen molar-refractivity contribution in [1.82, 2.24) is 19.5 Å². The third-order valence-corrected chi connectivity index (χ3v) is 4.30. The Morgan fingerprint density at radius 1 is 1.14 bits per heavy atom. The minimum absolute atomic E-state index is 0.102. The normalized spacial score (nSPS) is 11.2. The van der Waals surface area contributed by atoms with Crippen molar-refractivity contribution in [1.29, 1.82) is 0 Å². The monoisotopic (exact) mass is 392 g/mol. The van der Waals surface area contributed by atoms with E-state index in [2.05, 4.69) is 25.5 Å². The Bertz CT molecular complexity index is 1170. The molecule has 0 saturated carbocycles. The van der Waals surface area contributed by atoms with Gasteiger partial charge in [0.1, 0.15) is 12.1 Å². The number of halogens is 1. The van der Waals surface area contributed by atoms with Crippen LogP contribution in [0.15, 0.2) is 60.0 Å². The minimum Gasteiger partial charge on any atom is -0.497 e. The number of rotatable bonds is 5. The number of methoxy groups -OCH3 is 1. The zero-order valence-corrected chi connectivity index (χ0v) is 16.1. The lowest BCUT2D eigenvalue weighted by Gasteiger charge is -2.07. The first-order valence-corrected chi connectivity index (χ1v) is 8.92. The molecule has 0 saturated heterocycles. The van der Waals surface area contributed by atoms with E-state index in [9.17, 15) is 0 Å². The molecule has 4 rings (SSSR count). The molecule has 2 heterocycles. The molecule has 0 amide bonds. The highest BCUT2D eigenvalue weighted by atomic mass is 35.5. The standard InChI is InChI=1S/C20H17ClN6O/c1-13-5-3-6-14(9-13)11-23-26-18-17-19(25-20(21)24-18)27(12-22-17)15-7-4-8-16(10-15)28-2/h3-12H,1-2H3,(H,24,25,26)/b23-11+. The fraction of sp³-hybridized carbons (Fsp3) is 0.100. The molecule has 0 unspecified atom stereocenters. The van der Waals surface area contributed by atoms with Gasteiger partial charge in [0, 0.05) is 6.07 Å². The second-order valence-electron chi connectivity index (χ2n) is 6.11. The molecule has 7 nitrogen and oxygen atoms in total. The minimum atomic E-state index is 0.102. The Morgan fingerprint density at radius 2 is 2.00 bits per heavy atom. The summed E-state index contributed by atoms with van der Waals surface area (Å²) in [5, 5.41) is 4.36. The topological polar surface area (TPSA) is 77.2 Å². The lowest BCUT2D eigenvalue weighted by atomic mass is 10.2. The predicted octanol–water partition coefficient (Wildman–Crippen LogP) is 4.23. The molecule has 28 heavy (non-hydrogen) atoms. The quantitative estimate of drug-likeness (QED) is 0.312. The summed E-state index contributed by atoms with van der Waals surface area (Å²) in [6, 6.07) is 15.6. The van der Waals surface area contributed by atoms with Gasteiger partial charge in [-0.25, -0.2) is 4.98 Å². The first kappa shape index (κ1) is 17.9. The summed E-state index contributed by atoms with van der Waals surface area (Å²) in [7, 11) is 1.62. The molecule has 0 spiro atoms. The Kier molecular flexibility index (Phi) is 4.90. The van der Waals surface area contributed by atoms with Crippen LogP contribution >= 0.6 is 11.6 Å². The Morgan fingerprint density at radius 3 is 2.82 bits per heavy atom. The molecule has 0 aliphatic carbocycles. The summed E-state index contributed by atoms with van der Waals surface area (Å²) in [5.41, 5.74) is 7.04. The molecule has 2 aromatic carbocycles. The number of hydrogen-bond acceptors (Lipinski definition) is 6. The van der Waals surface area contributed by atoms with E-state index in [-0.39, 0.29) is 5.28 Å². The SMILES string of the molecule is COc1cccc(-n2cnc3c(N/N=C/c4cccc(C)c4)nc(Cl)nc32)c1. The van der Waals surface area contributed by atoms with Crippen molar-refractivity contribution in [3.63, 3.8) is 0 Å². The van der Waals surface area contributed by atoms with Crippen LogP contribution in [0.2, 0.25) is 5.28 Å². The molecule has 0 aliphatic rings. The van der Waals surface area contributed by atoms with Crippen molar-refractivity contribution in [3.8, 4) is 11.4 Å². The molecule has 140 valence electrons. The molecule has 0 radical (unpaired) electrons. The summed E-state index contributed by atoms with van der Waals surface area (Å²) in [4.78, 5) is 13.0. The van der Waals surface area contributed by atoms with Gasteiger partial charge in [0.25, 0.3) is 0 Å². The maximum absolute atomic E-state index is 6.14. The van der Waals surface area contributed by atoms with Gasteiger partial charge in [-0.15, -0.1) is 0 Å². The molecule has 2 aromatic heterocycles. The van der Waals surface area contributed by atoms with Gasteiger partial charge in [-0.2, -0.15) is 15.1 Å². The van der Waals surface area contributed by atoms with Gasteiger partial charge in [-0.3, -0.25) is 9.99 Å². The fourth-order valence-electron chi connectivity index (χ4n) is 2.82. The first-order chi connectivity index (χ1) is 13.6. The van der Waals surface area contributed by atoms with Crippen molar-refractivity contribution in [3.05, 3.63) is 71.3 Å². The van der Waals surface area contributed by atoms with E-state index >= 15 is 0 Å². The number of fused-ring (bicyclic) bond motifs is 1. The Balaban J connectivity index is 1.69. The number of benzene rings is 2. The number of nitrogens with zero attached hydrogens (tertiary/aromatic N) is 5. The van der Waals surface area contributed by atoms with Crippen molar-refractivity contribution >= 4 is 34.8 Å². The maximum Gasteiger partial charge on any atom is 0.226 e. The van der Waals surface area contributed by atoms with Crippen LogP contribution in [-0.4, -0.2) is 32.8 Å². The average Bonchev–Trinajstić information content (AvgIpc) is 3.12. The molecular formula is C20H17ClN6O. The fourth-order valence-corrected chi connectivity index (χ4v) is 2.98. The summed E-state index contributed by atoms with van der Waals surface area (Å²) < 4.78 is 7.11. The van der Waals surface area contributed by atoms with Crippen LogP contribution in [0, 0.1) is 6.92 Å². The number of imidazole rings is 1. The number of anilines is 1. The molecule has 1 N–H and O–H groups in total. The highest BCUT2D eigenvalue weighted by Gasteiger charge is 2.13. The summed E-state index contributed by atoms with van der Waals surface area (Å²) >= 11 is 6.14. The molecule has 8 heteroatoms. The van der Waals surface area contributed by atoms with E-state index in [1.807, 2.05) is 60.0 Å². The summed E-state index contributed by atoms with van der Waals surface area (Å²) in [6.45, 7) is 2.03. The van der Waals surface area contributed by atoms with Crippen LogP contribution in [0.4, 0.5) is 5.82 Å². The largest absolute Gasteiger partial charge is 0.497 e. The van der Waals surface area contributed by atoms with Crippen molar-refractivity contribution in [2.24, 2.45) is 5.10 Å². The van der Waals surface area contributed by atoms with Gasteiger partial charge in [0.2, 0.25) is 5.28 Å². The third-order valence-electron chi connectivity index (χ3n) is 4.13. The van der Waals surface area contributed by atoms with Crippen LogP contribution < -0.4 is 10.2 Å². The van der Waals surface area contributed by atoms with Gasteiger partial charge >= 0.3 is 0 Å². The van der Waals surface area contributed by atoms with E-state index in [4.69, 9.17) is 16.3 Å². The zero-order chi connectivity index (χ0) is 19.5. The van der Waals surface area contributed by atoms with Crippen LogP contribution in [0.1, 0.15) is 11.1 Å². The van der Waals surface area contributed by atoms with Crippen LogP contribution in [0.25, 0.3) is 16.9 Å². The Hall–Kier alpha value is -3.45. The smallest absolute Gasteiger partial charge is 0.226 e. The number of ether oxygens (including phenoxy) is 1. The van der Waals surface area contributed by atoms with Crippen molar-refractivity contribution in [2.45, 2.75) is 6.92 Å². The van der Waals surface area contributed by atoms with Crippen LogP contribution in [0.3, 0.4) is 0 Å². The molecule has 0 bridgehead atoms. The molecule has 0 fully saturated rings. The van der Waals surface area contributed by atoms with Crippen LogP contribution in [-0.2, 0) is 0 Å². The molecular weight excluding hydrogens is 376 g/mol. The highest BCUT2D eigenvalue weighted by Crippen LogP contribution is 2.25. The van der Waals surface area contributed by atoms with Gasteiger partial charge in [-0.1, -0.05) is 35.9 Å². The number of aromatic nitrogens is 4. The number of hydrazone groups is 1. The lowest BCUT2D eigenvalue weighted by Crippen LogP contribution is -1.99. The van der Waals surface area contributed by atoms with E-state index in [1.165, 1.54) is 0 Å². The molecule has 4 aromatic rings. The number of nitrogens with one attached hydrogen (secondary N) is 1. The lowest BCUT2D eigenvalue weighted by molar-refractivity contribution is 0.414. The maximum atomic E-state index is 6.14. The van der Waals surface area contributed by atoms with Gasteiger partial charge in [0.15, 0.2) is 17.0 Å². The Labute approximate surface area is 166 Å². The van der Waals surface area contributed by atoms with Crippen LogP contribution in [0.5, 0.6) is 5.75 Å². The molecule has 0 aliphatic heterocycles. The van der Waals surface area contributed by atoms with Crippen molar-refractivity contribution in [2.75, 3.05) is 12.5 Å². The summed E-state index contributed by atoms with van der Waals surface area (Å²) in [5.74, 6) is 1.17. The highest BCUT2D eigenvalue weighted by molar-refractivity contribution is 6.28. The second kappa shape index (κ2) is 7.66. The predicted molar refractivity (Wildman–Crippen MR) is 111 cm³/mol.